The van der Waals surface area contributed by atoms with Crippen LogP contribution in [0.15, 0.2) is 59.5 Å². The number of ether oxygens (including phenoxy) is 1. The number of carbonyl (C=O) groups excluding carboxylic acids is 1. The highest BCUT2D eigenvalue weighted by Gasteiger charge is 2.33. The van der Waals surface area contributed by atoms with Crippen molar-refractivity contribution < 1.29 is 9.53 Å². The van der Waals surface area contributed by atoms with E-state index in [-0.39, 0.29) is 24.1 Å². The molecule has 0 radical (unpaired) electrons. The minimum absolute atomic E-state index is 0.0220. The molecular weight excluding hydrogens is 330 g/mol. The summed E-state index contributed by atoms with van der Waals surface area (Å²) in [6.07, 6.45) is 2.53. The molecule has 1 fully saturated rings. The number of hydrogen-bond acceptors (Lipinski definition) is 4. The number of methoxy groups -OCH3 is 1. The van der Waals surface area contributed by atoms with Gasteiger partial charge in [0.15, 0.2) is 0 Å². The number of rotatable bonds is 4. The van der Waals surface area contributed by atoms with E-state index in [9.17, 15) is 9.59 Å². The normalized spacial score (nSPS) is 16.3. The number of carbonyl (C=O) groups is 1. The lowest BCUT2D eigenvalue weighted by atomic mass is 9.94. The summed E-state index contributed by atoms with van der Waals surface area (Å²) in [6.45, 7) is 0.632. The van der Waals surface area contributed by atoms with E-state index in [0.717, 1.165) is 23.1 Å². The third-order valence-electron chi connectivity index (χ3n) is 4.87. The van der Waals surface area contributed by atoms with Gasteiger partial charge in [0.25, 0.3) is 5.56 Å². The predicted molar refractivity (Wildman–Crippen MR) is 98.1 cm³/mol. The van der Waals surface area contributed by atoms with Crippen molar-refractivity contribution in [2.45, 2.75) is 19.0 Å². The van der Waals surface area contributed by atoms with Gasteiger partial charge < -0.3 is 9.64 Å². The summed E-state index contributed by atoms with van der Waals surface area (Å²) in [4.78, 5) is 27.0. The molecule has 0 saturated carbocycles. The van der Waals surface area contributed by atoms with Gasteiger partial charge >= 0.3 is 0 Å². The number of hydrogen-bond donors (Lipinski definition) is 0. The zero-order valence-electron chi connectivity index (χ0n) is 14.5. The standard InChI is InChI=1S/C20H19N3O3/c1-26-16-7-4-6-14(11-16)18-9-10-22(18)19(24)13-23-20(25)17-8-3-2-5-15(17)12-21-23/h2-8,11-12,18H,9-10,13H2,1H3. The molecule has 1 unspecified atom stereocenters. The van der Waals surface area contributed by atoms with Gasteiger partial charge in [-0.1, -0.05) is 30.3 Å². The van der Waals surface area contributed by atoms with Gasteiger partial charge in [-0.2, -0.15) is 5.10 Å². The number of fused-ring (bicyclic) bond motifs is 1. The molecule has 1 saturated heterocycles. The Morgan fingerprint density at radius 1 is 1.23 bits per heavy atom. The van der Waals surface area contributed by atoms with Crippen LogP contribution in [0.5, 0.6) is 5.75 Å². The van der Waals surface area contributed by atoms with Crippen molar-refractivity contribution in [2.24, 2.45) is 0 Å². The van der Waals surface area contributed by atoms with E-state index in [1.165, 1.54) is 4.68 Å². The Morgan fingerprint density at radius 2 is 2.08 bits per heavy atom. The molecule has 1 aromatic heterocycles. The monoisotopic (exact) mass is 349 g/mol. The van der Waals surface area contributed by atoms with Crippen LogP contribution in [-0.2, 0) is 11.3 Å². The highest BCUT2D eigenvalue weighted by Crippen LogP contribution is 2.34. The molecule has 0 N–H and O–H groups in total. The van der Waals surface area contributed by atoms with Crippen molar-refractivity contribution >= 4 is 16.7 Å². The van der Waals surface area contributed by atoms with Crippen molar-refractivity contribution in [3.63, 3.8) is 0 Å². The van der Waals surface area contributed by atoms with Crippen molar-refractivity contribution in [3.8, 4) is 5.75 Å². The van der Waals surface area contributed by atoms with Gasteiger partial charge in [0.1, 0.15) is 12.3 Å². The maximum atomic E-state index is 12.7. The molecule has 1 aliphatic rings. The fraction of sp³-hybridized carbons (Fsp3) is 0.250. The van der Waals surface area contributed by atoms with Crippen molar-refractivity contribution in [2.75, 3.05) is 13.7 Å². The summed E-state index contributed by atoms with van der Waals surface area (Å²) in [7, 11) is 1.63. The first-order valence-electron chi connectivity index (χ1n) is 8.55. The van der Waals surface area contributed by atoms with Gasteiger partial charge in [-0.15, -0.1) is 0 Å². The Balaban J connectivity index is 1.55. The van der Waals surface area contributed by atoms with Gasteiger partial charge in [-0.3, -0.25) is 9.59 Å². The molecule has 1 atom stereocenters. The van der Waals surface area contributed by atoms with E-state index < -0.39 is 0 Å². The smallest absolute Gasteiger partial charge is 0.275 e. The van der Waals surface area contributed by atoms with Crippen LogP contribution in [0.25, 0.3) is 10.8 Å². The molecule has 3 aromatic rings. The molecule has 0 bridgehead atoms. The zero-order chi connectivity index (χ0) is 18.1. The summed E-state index contributed by atoms with van der Waals surface area (Å²) >= 11 is 0. The van der Waals surface area contributed by atoms with Gasteiger partial charge in [0.05, 0.1) is 24.7 Å². The van der Waals surface area contributed by atoms with Crippen LogP contribution < -0.4 is 10.3 Å². The average Bonchev–Trinajstić information content (AvgIpc) is 2.63. The van der Waals surface area contributed by atoms with Crippen LogP contribution in [0, 0.1) is 0 Å². The van der Waals surface area contributed by atoms with Crippen LogP contribution in [0.2, 0.25) is 0 Å². The second-order valence-corrected chi connectivity index (χ2v) is 6.36. The first-order chi connectivity index (χ1) is 12.7. The largest absolute Gasteiger partial charge is 0.497 e. The number of aromatic nitrogens is 2. The number of nitrogens with zero attached hydrogens (tertiary/aromatic N) is 3. The lowest BCUT2D eigenvalue weighted by molar-refractivity contribution is -0.140. The molecule has 26 heavy (non-hydrogen) atoms. The molecule has 6 heteroatoms. The van der Waals surface area contributed by atoms with E-state index in [0.29, 0.717) is 11.9 Å². The Hall–Kier alpha value is -3.15. The van der Waals surface area contributed by atoms with Gasteiger partial charge in [-0.25, -0.2) is 4.68 Å². The molecule has 132 valence electrons. The molecular formula is C20H19N3O3. The molecule has 0 aliphatic carbocycles. The lowest BCUT2D eigenvalue weighted by Gasteiger charge is -2.41. The summed E-state index contributed by atoms with van der Waals surface area (Å²) in [5, 5.41) is 5.50. The molecule has 2 heterocycles. The van der Waals surface area contributed by atoms with Crippen LogP contribution >= 0.6 is 0 Å². The number of likely N-dealkylation sites (tertiary alicyclic amines) is 1. The highest BCUT2D eigenvalue weighted by atomic mass is 16.5. The van der Waals surface area contributed by atoms with Crippen molar-refractivity contribution in [1.82, 2.24) is 14.7 Å². The fourth-order valence-corrected chi connectivity index (χ4v) is 3.34. The second kappa shape index (κ2) is 6.63. The minimum atomic E-state index is -0.241. The molecule has 1 amide bonds. The van der Waals surface area contributed by atoms with E-state index in [4.69, 9.17) is 4.74 Å². The van der Waals surface area contributed by atoms with E-state index >= 15 is 0 Å². The Bertz CT molecular complexity index is 1030. The number of benzene rings is 2. The molecule has 2 aromatic carbocycles. The van der Waals surface area contributed by atoms with Crippen LogP contribution in [0.1, 0.15) is 18.0 Å². The average molecular weight is 349 g/mol. The maximum absolute atomic E-state index is 12.7. The minimum Gasteiger partial charge on any atom is -0.497 e. The molecule has 0 spiro atoms. The molecule has 4 rings (SSSR count). The van der Waals surface area contributed by atoms with Gasteiger partial charge in [0, 0.05) is 11.9 Å². The summed E-state index contributed by atoms with van der Waals surface area (Å²) in [6, 6.07) is 15.0. The van der Waals surface area contributed by atoms with Crippen LogP contribution in [-0.4, -0.2) is 34.2 Å². The summed E-state index contributed by atoms with van der Waals surface area (Å²) in [5.41, 5.74) is 0.803. The van der Waals surface area contributed by atoms with Gasteiger partial charge in [0.2, 0.25) is 5.91 Å². The van der Waals surface area contributed by atoms with Crippen molar-refractivity contribution in [3.05, 3.63) is 70.6 Å². The van der Waals surface area contributed by atoms with E-state index in [1.54, 1.807) is 24.3 Å². The quantitative estimate of drug-likeness (QED) is 0.725. The zero-order valence-corrected chi connectivity index (χ0v) is 14.5. The highest BCUT2D eigenvalue weighted by molar-refractivity contribution is 5.81. The van der Waals surface area contributed by atoms with Crippen LogP contribution in [0.3, 0.4) is 0 Å². The molecule has 6 nitrogen and oxygen atoms in total. The van der Waals surface area contributed by atoms with E-state index in [2.05, 4.69) is 5.10 Å². The maximum Gasteiger partial charge on any atom is 0.275 e. The Morgan fingerprint density at radius 3 is 2.85 bits per heavy atom. The van der Waals surface area contributed by atoms with Gasteiger partial charge in [-0.05, 0) is 30.2 Å². The first-order valence-corrected chi connectivity index (χ1v) is 8.55. The van der Waals surface area contributed by atoms with Crippen LogP contribution in [0.4, 0.5) is 0 Å². The topological polar surface area (TPSA) is 64.4 Å². The predicted octanol–water partition coefficient (Wildman–Crippen LogP) is 2.38. The van der Waals surface area contributed by atoms with Crippen molar-refractivity contribution in [1.29, 1.82) is 0 Å². The summed E-state index contributed by atoms with van der Waals surface area (Å²) < 4.78 is 6.50. The Kier molecular flexibility index (Phi) is 4.16. The fourth-order valence-electron chi connectivity index (χ4n) is 3.34. The lowest BCUT2D eigenvalue weighted by Crippen LogP contribution is -2.47. The third-order valence-corrected chi connectivity index (χ3v) is 4.87. The second-order valence-electron chi connectivity index (χ2n) is 6.36. The third kappa shape index (κ3) is 2.83. The van der Waals surface area contributed by atoms with E-state index in [1.807, 2.05) is 42.5 Å². The summed E-state index contributed by atoms with van der Waals surface area (Å²) in [5.74, 6) is 0.670. The molecule has 1 aliphatic heterocycles. The number of amides is 1. The Labute approximate surface area is 150 Å². The SMILES string of the molecule is COc1cccc(C2CCN2C(=O)Cn2ncc3ccccc3c2=O)c1. The first kappa shape index (κ1) is 16.3.